The number of nitrogens with one attached hydrogen (secondary N) is 1. The van der Waals surface area contributed by atoms with E-state index in [1.807, 2.05) is 13.0 Å². The second-order valence-corrected chi connectivity index (χ2v) is 6.63. The van der Waals surface area contributed by atoms with Gasteiger partial charge < -0.3 is 0 Å². The van der Waals surface area contributed by atoms with Crippen molar-refractivity contribution in [3.63, 3.8) is 0 Å². The number of rotatable bonds is 4. The van der Waals surface area contributed by atoms with Crippen LogP contribution in [0.3, 0.4) is 0 Å². The van der Waals surface area contributed by atoms with E-state index in [9.17, 15) is 12.8 Å². The summed E-state index contributed by atoms with van der Waals surface area (Å²) in [6, 6.07) is 10.8. The molecule has 0 saturated heterocycles. The quantitative estimate of drug-likeness (QED) is 0.935. The Morgan fingerprint density at radius 1 is 1.20 bits per heavy atom. The predicted octanol–water partition coefficient (Wildman–Crippen LogP) is 3.73. The van der Waals surface area contributed by atoms with Crippen molar-refractivity contribution in [1.82, 2.24) is 0 Å². The zero-order valence-electron chi connectivity index (χ0n) is 10.7. The van der Waals surface area contributed by atoms with Gasteiger partial charge in [0.2, 0.25) is 10.0 Å². The Labute approximate surface area is 122 Å². The van der Waals surface area contributed by atoms with Crippen LogP contribution in [0.2, 0.25) is 5.02 Å². The third-order valence-electron chi connectivity index (χ3n) is 2.63. The van der Waals surface area contributed by atoms with Gasteiger partial charge in [0, 0.05) is 5.02 Å². The van der Waals surface area contributed by atoms with E-state index in [1.165, 1.54) is 12.1 Å². The molecule has 106 valence electrons. The first-order chi connectivity index (χ1) is 9.35. The number of hydrogen-bond donors (Lipinski definition) is 1. The molecule has 0 bridgehead atoms. The first-order valence-electron chi connectivity index (χ1n) is 5.87. The standard InChI is InChI=1S/C14H13ClFNO2S/c1-10-3-2-4-11(7-10)9-20(18,19)17-14-8-12(15)5-6-13(14)16/h2-8,17H,9H2,1H3. The van der Waals surface area contributed by atoms with Crippen LogP contribution in [0.4, 0.5) is 10.1 Å². The fourth-order valence-corrected chi connectivity index (χ4v) is 3.15. The van der Waals surface area contributed by atoms with Crippen LogP contribution >= 0.6 is 11.6 Å². The zero-order valence-corrected chi connectivity index (χ0v) is 12.3. The molecule has 0 aliphatic rings. The molecule has 20 heavy (non-hydrogen) atoms. The normalized spacial score (nSPS) is 11.3. The monoisotopic (exact) mass is 313 g/mol. The number of sulfonamides is 1. The fraction of sp³-hybridized carbons (Fsp3) is 0.143. The minimum absolute atomic E-state index is 0.148. The molecule has 0 unspecified atom stereocenters. The molecule has 0 amide bonds. The molecule has 0 saturated carbocycles. The Hall–Kier alpha value is -1.59. The highest BCUT2D eigenvalue weighted by Gasteiger charge is 2.14. The van der Waals surface area contributed by atoms with Crippen LogP contribution in [0.1, 0.15) is 11.1 Å². The third kappa shape index (κ3) is 3.95. The van der Waals surface area contributed by atoms with Gasteiger partial charge >= 0.3 is 0 Å². The molecule has 0 aliphatic carbocycles. The van der Waals surface area contributed by atoms with Crippen molar-refractivity contribution in [2.45, 2.75) is 12.7 Å². The fourth-order valence-electron chi connectivity index (χ4n) is 1.80. The molecular formula is C14H13ClFNO2S. The van der Waals surface area contributed by atoms with Crippen LogP contribution < -0.4 is 4.72 Å². The highest BCUT2D eigenvalue weighted by molar-refractivity contribution is 7.91. The molecule has 0 aliphatic heterocycles. The lowest BCUT2D eigenvalue weighted by Crippen LogP contribution is -2.16. The first-order valence-corrected chi connectivity index (χ1v) is 7.90. The number of hydrogen-bond acceptors (Lipinski definition) is 2. The summed E-state index contributed by atoms with van der Waals surface area (Å²) >= 11 is 5.73. The van der Waals surface area contributed by atoms with Crippen molar-refractivity contribution in [3.05, 3.63) is 64.4 Å². The van der Waals surface area contributed by atoms with Gasteiger partial charge in [-0.1, -0.05) is 41.4 Å². The van der Waals surface area contributed by atoms with Gasteiger partial charge in [-0.25, -0.2) is 12.8 Å². The van der Waals surface area contributed by atoms with Gasteiger partial charge in [0.25, 0.3) is 0 Å². The van der Waals surface area contributed by atoms with Crippen molar-refractivity contribution in [1.29, 1.82) is 0 Å². The van der Waals surface area contributed by atoms with Crippen LogP contribution in [0, 0.1) is 12.7 Å². The summed E-state index contributed by atoms with van der Waals surface area (Å²) < 4.78 is 39.8. The molecule has 0 fully saturated rings. The van der Waals surface area contributed by atoms with E-state index in [0.29, 0.717) is 5.56 Å². The Morgan fingerprint density at radius 3 is 2.65 bits per heavy atom. The zero-order chi connectivity index (χ0) is 14.8. The van der Waals surface area contributed by atoms with Gasteiger partial charge in [-0.15, -0.1) is 0 Å². The SMILES string of the molecule is Cc1cccc(CS(=O)(=O)Nc2cc(Cl)ccc2F)c1. The minimum atomic E-state index is -3.69. The molecular weight excluding hydrogens is 301 g/mol. The molecule has 0 heterocycles. The van der Waals surface area contributed by atoms with Crippen molar-refractivity contribution in [3.8, 4) is 0 Å². The Morgan fingerprint density at radius 2 is 1.95 bits per heavy atom. The van der Waals surface area contributed by atoms with E-state index in [4.69, 9.17) is 11.6 Å². The van der Waals surface area contributed by atoms with Crippen molar-refractivity contribution in [2.24, 2.45) is 0 Å². The molecule has 6 heteroatoms. The van der Waals surface area contributed by atoms with Crippen LogP contribution in [-0.4, -0.2) is 8.42 Å². The molecule has 2 aromatic rings. The number of anilines is 1. The average molecular weight is 314 g/mol. The molecule has 2 aromatic carbocycles. The second kappa shape index (κ2) is 5.81. The lowest BCUT2D eigenvalue weighted by molar-refractivity contribution is 0.598. The molecule has 0 radical (unpaired) electrons. The van der Waals surface area contributed by atoms with E-state index in [1.54, 1.807) is 18.2 Å². The van der Waals surface area contributed by atoms with E-state index >= 15 is 0 Å². The van der Waals surface area contributed by atoms with E-state index in [0.717, 1.165) is 11.6 Å². The Balaban J connectivity index is 2.21. The van der Waals surface area contributed by atoms with E-state index in [-0.39, 0.29) is 16.5 Å². The maximum atomic E-state index is 13.5. The van der Waals surface area contributed by atoms with Crippen LogP contribution in [0.25, 0.3) is 0 Å². The van der Waals surface area contributed by atoms with Gasteiger partial charge in [-0.2, -0.15) is 0 Å². The van der Waals surface area contributed by atoms with Crippen LogP contribution in [0.15, 0.2) is 42.5 Å². The molecule has 3 nitrogen and oxygen atoms in total. The smallest absolute Gasteiger partial charge is 0.237 e. The van der Waals surface area contributed by atoms with Crippen molar-refractivity contribution >= 4 is 27.3 Å². The molecule has 0 spiro atoms. The van der Waals surface area contributed by atoms with Crippen LogP contribution in [-0.2, 0) is 15.8 Å². The summed E-state index contributed by atoms with van der Waals surface area (Å²) in [5.74, 6) is -0.886. The summed E-state index contributed by atoms with van der Waals surface area (Å²) in [6.07, 6.45) is 0. The van der Waals surface area contributed by atoms with Gasteiger partial charge in [0.15, 0.2) is 0 Å². The highest BCUT2D eigenvalue weighted by Crippen LogP contribution is 2.21. The Bertz CT molecular complexity index is 732. The van der Waals surface area contributed by atoms with Gasteiger partial charge in [-0.3, -0.25) is 4.72 Å². The van der Waals surface area contributed by atoms with Crippen molar-refractivity contribution in [2.75, 3.05) is 4.72 Å². The lowest BCUT2D eigenvalue weighted by atomic mass is 10.2. The summed E-state index contributed by atoms with van der Waals surface area (Å²) in [4.78, 5) is 0. The van der Waals surface area contributed by atoms with Gasteiger partial charge in [-0.05, 0) is 30.7 Å². The molecule has 2 rings (SSSR count). The van der Waals surface area contributed by atoms with Crippen molar-refractivity contribution < 1.29 is 12.8 Å². The number of aryl methyl sites for hydroxylation is 1. The second-order valence-electron chi connectivity index (χ2n) is 4.47. The average Bonchev–Trinajstić information content (AvgIpc) is 2.33. The molecule has 1 N–H and O–H groups in total. The molecule has 0 atom stereocenters. The van der Waals surface area contributed by atoms with E-state index < -0.39 is 15.8 Å². The number of halogens is 2. The Kier molecular flexibility index (Phi) is 4.30. The lowest BCUT2D eigenvalue weighted by Gasteiger charge is -2.09. The summed E-state index contributed by atoms with van der Waals surface area (Å²) in [6.45, 7) is 1.88. The highest BCUT2D eigenvalue weighted by atomic mass is 35.5. The molecule has 0 aromatic heterocycles. The summed E-state index contributed by atoms with van der Waals surface area (Å²) in [7, 11) is -3.69. The predicted molar refractivity (Wildman–Crippen MR) is 78.8 cm³/mol. The summed E-state index contributed by atoms with van der Waals surface area (Å²) in [5, 5.41) is 0.264. The maximum absolute atomic E-state index is 13.5. The topological polar surface area (TPSA) is 46.2 Å². The van der Waals surface area contributed by atoms with Gasteiger partial charge in [0.05, 0.1) is 11.4 Å². The maximum Gasteiger partial charge on any atom is 0.237 e. The van der Waals surface area contributed by atoms with Crippen LogP contribution in [0.5, 0.6) is 0 Å². The minimum Gasteiger partial charge on any atom is -0.280 e. The first kappa shape index (κ1) is 14.8. The third-order valence-corrected chi connectivity index (χ3v) is 4.11. The number of benzene rings is 2. The largest absolute Gasteiger partial charge is 0.280 e. The van der Waals surface area contributed by atoms with E-state index in [2.05, 4.69) is 4.72 Å². The van der Waals surface area contributed by atoms with Gasteiger partial charge in [0.1, 0.15) is 5.82 Å². The summed E-state index contributed by atoms with van der Waals surface area (Å²) in [5.41, 5.74) is 1.46.